The molecule has 2 heterocycles. The normalized spacial score (nSPS) is 16.0. The van der Waals surface area contributed by atoms with Crippen LogP contribution in [0.1, 0.15) is 56.3 Å². The number of ether oxygens (including phenoxy) is 1. The number of aryl methyl sites for hydroxylation is 1. The van der Waals surface area contributed by atoms with Crippen molar-refractivity contribution >= 4 is 37.5 Å². The zero-order chi connectivity index (χ0) is 24.1. The summed E-state index contributed by atoms with van der Waals surface area (Å²) < 4.78 is 36.4. The first-order valence-electron chi connectivity index (χ1n) is 11.9. The molecule has 1 fully saturated rings. The van der Waals surface area contributed by atoms with Crippen LogP contribution >= 0.6 is 11.3 Å². The van der Waals surface area contributed by atoms with Gasteiger partial charge in [0.2, 0.25) is 10.0 Å². The van der Waals surface area contributed by atoms with Crippen molar-refractivity contribution in [3.63, 3.8) is 0 Å². The minimum Gasteiger partial charge on any atom is -0.492 e. The molecule has 1 aliphatic heterocycles. The van der Waals surface area contributed by atoms with Gasteiger partial charge in [-0.2, -0.15) is 9.30 Å². The van der Waals surface area contributed by atoms with Crippen molar-refractivity contribution in [1.29, 1.82) is 0 Å². The van der Waals surface area contributed by atoms with Crippen molar-refractivity contribution in [2.75, 3.05) is 19.7 Å². The Hall–Kier alpha value is -2.49. The maximum atomic E-state index is 13.0. The van der Waals surface area contributed by atoms with Gasteiger partial charge in [-0.1, -0.05) is 37.2 Å². The highest BCUT2D eigenvalue weighted by molar-refractivity contribution is 7.89. The second-order valence-corrected chi connectivity index (χ2v) is 11.3. The Balaban J connectivity index is 1.65. The summed E-state index contributed by atoms with van der Waals surface area (Å²) in [6.45, 7) is 6.38. The minimum absolute atomic E-state index is 0.218. The number of aromatic nitrogens is 1. The van der Waals surface area contributed by atoms with Crippen LogP contribution in [0.3, 0.4) is 0 Å². The first-order valence-corrected chi connectivity index (χ1v) is 14.2. The predicted octanol–water partition coefficient (Wildman–Crippen LogP) is 4.82. The van der Waals surface area contributed by atoms with E-state index >= 15 is 0 Å². The van der Waals surface area contributed by atoms with Gasteiger partial charge in [-0.15, -0.1) is 0 Å². The molecule has 2 aromatic carbocycles. The number of sulfonamides is 1. The maximum Gasteiger partial charge on any atom is 0.279 e. The summed E-state index contributed by atoms with van der Waals surface area (Å²) in [5, 5.41) is 0. The first-order chi connectivity index (χ1) is 16.5. The summed E-state index contributed by atoms with van der Waals surface area (Å²) in [4.78, 5) is 18.2. The van der Waals surface area contributed by atoms with Crippen LogP contribution in [0.2, 0.25) is 0 Å². The average molecular weight is 502 g/mol. The zero-order valence-corrected chi connectivity index (χ0v) is 21.3. The second-order valence-electron chi connectivity index (χ2n) is 8.33. The van der Waals surface area contributed by atoms with E-state index in [1.807, 2.05) is 29.7 Å². The van der Waals surface area contributed by atoms with Gasteiger partial charge in [-0.3, -0.25) is 4.79 Å². The molecule has 9 heteroatoms. The van der Waals surface area contributed by atoms with Crippen molar-refractivity contribution in [3.8, 4) is 5.75 Å². The Labute approximate surface area is 204 Å². The number of thiazole rings is 1. The molecule has 0 atom stereocenters. The van der Waals surface area contributed by atoms with Crippen LogP contribution in [0, 0.1) is 0 Å². The smallest absolute Gasteiger partial charge is 0.279 e. The molecule has 0 radical (unpaired) electrons. The fourth-order valence-corrected chi connectivity index (χ4v) is 6.83. The fourth-order valence-electron chi connectivity index (χ4n) is 4.24. The fraction of sp³-hybridized carbons (Fsp3) is 0.440. The number of para-hydroxylation sites is 1. The molecule has 34 heavy (non-hydrogen) atoms. The molecule has 3 aromatic rings. The number of hydrogen-bond acceptors (Lipinski definition) is 5. The van der Waals surface area contributed by atoms with Crippen molar-refractivity contribution in [3.05, 3.63) is 52.8 Å². The lowest BCUT2D eigenvalue weighted by Crippen LogP contribution is -2.31. The van der Waals surface area contributed by atoms with Crippen LogP contribution in [-0.4, -0.2) is 42.9 Å². The van der Waals surface area contributed by atoms with Crippen molar-refractivity contribution in [2.45, 2.75) is 57.4 Å². The topological polar surface area (TPSA) is 81.0 Å². The van der Waals surface area contributed by atoms with Gasteiger partial charge < -0.3 is 9.30 Å². The summed E-state index contributed by atoms with van der Waals surface area (Å²) in [7, 11) is -3.55. The third-order valence-electron chi connectivity index (χ3n) is 5.91. The van der Waals surface area contributed by atoms with Crippen LogP contribution in [0.4, 0.5) is 0 Å². The van der Waals surface area contributed by atoms with Gasteiger partial charge in [-0.05, 0) is 62.6 Å². The lowest BCUT2D eigenvalue weighted by molar-refractivity contribution is 0.0997. The highest BCUT2D eigenvalue weighted by atomic mass is 32.2. The predicted molar refractivity (Wildman–Crippen MR) is 135 cm³/mol. The molecule has 0 N–H and O–H groups in total. The van der Waals surface area contributed by atoms with Crippen molar-refractivity contribution in [2.24, 2.45) is 4.99 Å². The van der Waals surface area contributed by atoms with Gasteiger partial charge in [0.25, 0.3) is 5.91 Å². The largest absolute Gasteiger partial charge is 0.492 e. The molecule has 1 amide bonds. The highest BCUT2D eigenvalue weighted by Gasteiger charge is 2.25. The quantitative estimate of drug-likeness (QED) is 0.465. The Morgan fingerprint density at radius 2 is 1.74 bits per heavy atom. The lowest BCUT2D eigenvalue weighted by atomic mass is 10.2. The van der Waals surface area contributed by atoms with E-state index in [0.717, 1.165) is 48.1 Å². The highest BCUT2D eigenvalue weighted by Crippen LogP contribution is 2.28. The second kappa shape index (κ2) is 10.8. The lowest BCUT2D eigenvalue weighted by Gasteiger charge is -2.19. The summed E-state index contributed by atoms with van der Waals surface area (Å²) in [5.41, 5.74) is 1.31. The molecule has 4 rings (SSSR count). The van der Waals surface area contributed by atoms with Gasteiger partial charge in [0.05, 0.1) is 16.2 Å². The molecule has 1 aliphatic rings. The molecule has 0 unspecified atom stereocenters. The number of benzene rings is 2. The third kappa shape index (κ3) is 5.11. The summed E-state index contributed by atoms with van der Waals surface area (Å²) >= 11 is 1.45. The molecular weight excluding hydrogens is 470 g/mol. The van der Waals surface area contributed by atoms with Crippen LogP contribution in [0.25, 0.3) is 10.2 Å². The standard InChI is InChI=1S/C25H31N3O4S2/c1-3-16-28-23-21(32-4-2)10-9-11-22(23)33-25(28)26-24(29)19-12-14-20(15-13-19)34(30,31)27-17-7-5-6-8-18-27/h9-15H,3-8,16-18H2,1-2H3. The Morgan fingerprint density at radius 1 is 1.03 bits per heavy atom. The molecule has 182 valence electrons. The van der Waals surface area contributed by atoms with Crippen LogP contribution in [0.15, 0.2) is 52.4 Å². The molecular formula is C25H31N3O4S2. The van der Waals surface area contributed by atoms with E-state index in [1.54, 1.807) is 16.4 Å². The van der Waals surface area contributed by atoms with E-state index in [4.69, 9.17) is 4.74 Å². The number of carbonyl (C=O) groups excluding carboxylic acids is 1. The maximum absolute atomic E-state index is 13.0. The Kier molecular flexibility index (Phi) is 7.85. The average Bonchev–Trinajstić information content (AvgIpc) is 3.00. The first kappa shape index (κ1) is 24.6. The van der Waals surface area contributed by atoms with Gasteiger partial charge in [0.1, 0.15) is 11.3 Å². The number of rotatable bonds is 7. The molecule has 0 saturated carbocycles. The van der Waals surface area contributed by atoms with Crippen molar-refractivity contribution in [1.82, 2.24) is 8.87 Å². The van der Waals surface area contributed by atoms with E-state index in [1.165, 1.54) is 23.5 Å². The number of nitrogens with zero attached hydrogens (tertiary/aromatic N) is 3. The van der Waals surface area contributed by atoms with Gasteiger partial charge in [0, 0.05) is 25.2 Å². The number of amides is 1. The third-order valence-corrected chi connectivity index (χ3v) is 8.87. The van der Waals surface area contributed by atoms with Gasteiger partial charge >= 0.3 is 0 Å². The summed E-state index contributed by atoms with van der Waals surface area (Å²) in [5.74, 6) is 0.384. The van der Waals surface area contributed by atoms with E-state index in [2.05, 4.69) is 11.9 Å². The molecule has 0 bridgehead atoms. The zero-order valence-electron chi connectivity index (χ0n) is 19.7. The van der Waals surface area contributed by atoms with E-state index in [9.17, 15) is 13.2 Å². The van der Waals surface area contributed by atoms with Crippen LogP contribution < -0.4 is 9.54 Å². The number of carbonyl (C=O) groups is 1. The monoisotopic (exact) mass is 501 g/mol. The van der Waals surface area contributed by atoms with E-state index in [0.29, 0.717) is 36.6 Å². The number of fused-ring (bicyclic) bond motifs is 1. The van der Waals surface area contributed by atoms with Crippen LogP contribution in [-0.2, 0) is 16.6 Å². The van der Waals surface area contributed by atoms with E-state index < -0.39 is 15.9 Å². The summed E-state index contributed by atoms with van der Waals surface area (Å²) in [6, 6.07) is 12.0. The molecule has 1 saturated heterocycles. The SMILES string of the molecule is CCCn1c(=NC(=O)c2ccc(S(=O)(=O)N3CCCCCC3)cc2)sc2cccc(OCC)c21. The molecule has 7 nitrogen and oxygen atoms in total. The molecule has 1 aromatic heterocycles. The van der Waals surface area contributed by atoms with E-state index in [-0.39, 0.29) is 4.90 Å². The Morgan fingerprint density at radius 3 is 2.38 bits per heavy atom. The molecule has 0 aliphatic carbocycles. The van der Waals surface area contributed by atoms with Gasteiger partial charge in [0.15, 0.2) is 4.80 Å². The Bertz CT molecular complexity index is 1320. The minimum atomic E-state index is -3.55. The van der Waals surface area contributed by atoms with Gasteiger partial charge in [-0.25, -0.2) is 8.42 Å². The van der Waals surface area contributed by atoms with Crippen molar-refractivity contribution < 1.29 is 17.9 Å². The summed E-state index contributed by atoms with van der Waals surface area (Å²) in [6.07, 6.45) is 4.77. The molecule has 0 spiro atoms. The van der Waals surface area contributed by atoms with Crippen LogP contribution in [0.5, 0.6) is 5.75 Å². The number of hydrogen-bond donors (Lipinski definition) is 0.